The number of carbonyl (C=O) groups is 1. The Morgan fingerprint density at radius 3 is 2.72 bits per heavy atom. The molecule has 1 aliphatic rings. The Hall–Kier alpha value is -1.16. The van der Waals surface area contributed by atoms with E-state index in [0.29, 0.717) is 0 Å². The summed E-state index contributed by atoms with van der Waals surface area (Å²) >= 11 is 0. The van der Waals surface area contributed by atoms with E-state index < -0.39 is 0 Å². The zero-order valence-electron chi connectivity index (χ0n) is 11.4. The van der Waals surface area contributed by atoms with E-state index >= 15 is 0 Å². The van der Waals surface area contributed by atoms with Crippen molar-refractivity contribution < 1.29 is 4.79 Å². The van der Waals surface area contributed by atoms with E-state index in [2.05, 4.69) is 16.9 Å². The molecule has 0 saturated heterocycles. The van der Waals surface area contributed by atoms with Gasteiger partial charge in [0.1, 0.15) is 12.1 Å². The highest BCUT2D eigenvalue weighted by Crippen LogP contribution is 2.35. The monoisotopic (exact) mass is 249 g/mol. The molecule has 0 N–H and O–H groups in total. The normalized spacial score (nSPS) is 19.1. The van der Waals surface area contributed by atoms with Crippen LogP contribution < -0.4 is 0 Å². The topological polar surface area (TPSA) is 38.1 Å². The Kier molecular flexibility index (Phi) is 4.17. The van der Waals surface area contributed by atoms with Crippen LogP contribution in [-0.2, 0) is 18.4 Å². The fourth-order valence-electron chi connectivity index (χ4n) is 2.95. The SMILES string of the molecule is CN(Cc1nccn1C)CC1(C=O)CCCCC1. The van der Waals surface area contributed by atoms with Gasteiger partial charge in [-0.15, -0.1) is 0 Å². The van der Waals surface area contributed by atoms with E-state index in [4.69, 9.17) is 0 Å². The molecule has 0 aliphatic heterocycles. The quantitative estimate of drug-likeness (QED) is 0.749. The molecule has 2 rings (SSSR count). The highest BCUT2D eigenvalue weighted by Gasteiger charge is 2.32. The zero-order valence-corrected chi connectivity index (χ0v) is 11.4. The lowest BCUT2D eigenvalue weighted by molar-refractivity contribution is -0.119. The number of hydrogen-bond acceptors (Lipinski definition) is 3. The largest absolute Gasteiger partial charge is 0.337 e. The molecule has 0 spiro atoms. The van der Waals surface area contributed by atoms with E-state index in [1.807, 2.05) is 24.0 Å². The van der Waals surface area contributed by atoms with Gasteiger partial charge in [0.2, 0.25) is 0 Å². The first-order valence-corrected chi connectivity index (χ1v) is 6.76. The molecule has 0 aromatic carbocycles. The summed E-state index contributed by atoms with van der Waals surface area (Å²) in [5.74, 6) is 1.05. The van der Waals surface area contributed by atoms with Gasteiger partial charge in [0.15, 0.2) is 0 Å². The second kappa shape index (κ2) is 5.65. The van der Waals surface area contributed by atoms with Crippen molar-refractivity contribution in [3.05, 3.63) is 18.2 Å². The maximum absolute atomic E-state index is 11.4. The number of imidazole rings is 1. The highest BCUT2D eigenvalue weighted by atomic mass is 16.1. The van der Waals surface area contributed by atoms with Crippen molar-refractivity contribution >= 4 is 6.29 Å². The van der Waals surface area contributed by atoms with Crippen molar-refractivity contribution in [2.75, 3.05) is 13.6 Å². The molecule has 4 heteroatoms. The van der Waals surface area contributed by atoms with Crippen LogP contribution in [-0.4, -0.2) is 34.3 Å². The molecular weight excluding hydrogens is 226 g/mol. The second-order valence-electron chi connectivity index (χ2n) is 5.67. The third-order valence-electron chi connectivity index (χ3n) is 4.02. The molecule has 1 aromatic heterocycles. The number of rotatable bonds is 5. The van der Waals surface area contributed by atoms with Crippen LogP contribution in [0.5, 0.6) is 0 Å². The third kappa shape index (κ3) is 2.99. The summed E-state index contributed by atoms with van der Waals surface area (Å²) < 4.78 is 2.03. The third-order valence-corrected chi connectivity index (χ3v) is 4.02. The summed E-state index contributed by atoms with van der Waals surface area (Å²) in [6.07, 6.45) is 10.7. The first kappa shape index (κ1) is 13.3. The van der Waals surface area contributed by atoms with E-state index in [9.17, 15) is 4.79 Å². The van der Waals surface area contributed by atoms with Crippen molar-refractivity contribution in [2.24, 2.45) is 12.5 Å². The Morgan fingerprint density at radius 2 is 2.17 bits per heavy atom. The maximum Gasteiger partial charge on any atom is 0.127 e. The maximum atomic E-state index is 11.4. The standard InChI is InChI=1S/C14H23N3O/c1-16(10-13-15-8-9-17(13)2)11-14(12-18)6-4-3-5-7-14/h8-9,12H,3-7,10-11H2,1-2H3. The van der Waals surface area contributed by atoms with Gasteiger partial charge in [-0.2, -0.15) is 0 Å². The Labute approximate surface area is 109 Å². The number of aldehydes is 1. The number of carbonyl (C=O) groups excluding carboxylic acids is 1. The van der Waals surface area contributed by atoms with Gasteiger partial charge in [-0.1, -0.05) is 19.3 Å². The van der Waals surface area contributed by atoms with Gasteiger partial charge >= 0.3 is 0 Å². The highest BCUT2D eigenvalue weighted by molar-refractivity contribution is 5.60. The predicted molar refractivity (Wildman–Crippen MR) is 71.1 cm³/mol. The molecule has 1 aliphatic carbocycles. The summed E-state index contributed by atoms with van der Waals surface area (Å²) in [4.78, 5) is 18.0. The molecule has 1 aromatic rings. The summed E-state index contributed by atoms with van der Waals surface area (Å²) in [6, 6.07) is 0. The van der Waals surface area contributed by atoms with Crippen LogP contribution in [0.4, 0.5) is 0 Å². The molecule has 18 heavy (non-hydrogen) atoms. The van der Waals surface area contributed by atoms with E-state index in [0.717, 1.165) is 31.8 Å². The Bertz CT molecular complexity index is 393. The Balaban J connectivity index is 1.95. The molecule has 4 nitrogen and oxygen atoms in total. The van der Waals surface area contributed by atoms with Gasteiger partial charge in [-0.25, -0.2) is 4.98 Å². The molecule has 0 radical (unpaired) electrons. The number of nitrogens with zero attached hydrogens (tertiary/aromatic N) is 3. The Morgan fingerprint density at radius 1 is 1.44 bits per heavy atom. The van der Waals surface area contributed by atoms with Gasteiger partial charge < -0.3 is 9.36 Å². The van der Waals surface area contributed by atoms with Crippen LogP contribution in [0, 0.1) is 5.41 Å². The zero-order chi connectivity index (χ0) is 13.0. The average Bonchev–Trinajstić information content (AvgIpc) is 2.76. The van der Waals surface area contributed by atoms with Crippen LogP contribution >= 0.6 is 0 Å². The molecular formula is C14H23N3O. The summed E-state index contributed by atoms with van der Waals surface area (Å²) in [5.41, 5.74) is -0.113. The minimum atomic E-state index is -0.113. The summed E-state index contributed by atoms with van der Waals surface area (Å²) in [6.45, 7) is 1.66. The first-order chi connectivity index (χ1) is 8.65. The van der Waals surface area contributed by atoms with Gasteiger partial charge in [0, 0.05) is 31.4 Å². The lowest BCUT2D eigenvalue weighted by Crippen LogP contribution is -2.38. The fourth-order valence-corrected chi connectivity index (χ4v) is 2.95. The minimum Gasteiger partial charge on any atom is -0.337 e. The van der Waals surface area contributed by atoms with Gasteiger partial charge in [0.25, 0.3) is 0 Å². The van der Waals surface area contributed by atoms with Gasteiger partial charge in [0.05, 0.1) is 6.54 Å². The van der Waals surface area contributed by atoms with E-state index in [1.54, 1.807) is 0 Å². The number of aromatic nitrogens is 2. The second-order valence-corrected chi connectivity index (χ2v) is 5.67. The molecule has 0 amide bonds. The van der Waals surface area contributed by atoms with Gasteiger partial charge in [-0.3, -0.25) is 4.90 Å². The average molecular weight is 249 g/mol. The van der Waals surface area contributed by atoms with Crippen molar-refractivity contribution in [3.63, 3.8) is 0 Å². The van der Waals surface area contributed by atoms with Crippen LogP contribution in [0.15, 0.2) is 12.4 Å². The fraction of sp³-hybridized carbons (Fsp3) is 0.714. The first-order valence-electron chi connectivity index (χ1n) is 6.76. The van der Waals surface area contributed by atoms with Crippen LogP contribution in [0.1, 0.15) is 37.9 Å². The van der Waals surface area contributed by atoms with Gasteiger partial charge in [-0.05, 0) is 19.9 Å². The van der Waals surface area contributed by atoms with Crippen LogP contribution in [0.3, 0.4) is 0 Å². The molecule has 0 bridgehead atoms. The molecule has 100 valence electrons. The molecule has 0 atom stereocenters. The lowest BCUT2D eigenvalue weighted by atomic mass is 9.75. The number of aryl methyl sites for hydroxylation is 1. The summed E-state index contributed by atoms with van der Waals surface area (Å²) in [7, 11) is 4.08. The predicted octanol–water partition coefficient (Wildman–Crippen LogP) is 2.00. The molecule has 1 heterocycles. The van der Waals surface area contributed by atoms with E-state index in [-0.39, 0.29) is 5.41 Å². The lowest BCUT2D eigenvalue weighted by Gasteiger charge is -2.35. The van der Waals surface area contributed by atoms with Crippen molar-refractivity contribution in [3.8, 4) is 0 Å². The van der Waals surface area contributed by atoms with Crippen molar-refractivity contribution in [1.82, 2.24) is 14.5 Å². The molecule has 0 unspecified atom stereocenters. The molecule has 1 saturated carbocycles. The van der Waals surface area contributed by atoms with Crippen LogP contribution in [0.25, 0.3) is 0 Å². The van der Waals surface area contributed by atoms with E-state index in [1.165, 1.54) is 25.5 Å². The summed E-state index contributed by atoms with van der Waals surface area (Å²) in [5, 5.41) is 0. The molecule has 1 fully saturated rings. The minimum absolute atomic E-state index is 0.113. The smallest absolute Gasteiger partial charge is 0.127 e. The van der Waals surface area contributed by atoms with Crippen molar-refractivity contribution in [1.29, 1.82) is 0 Å². The number of hydrogen-bond donors (Lipinski definition) is 0. The van der Waals surface area contributed by atoms with Crippen molar-refractivity contribution in [2.45, 2.75) is 38.6 Å². The van der Waals surface area contributed by atoms with Crippen LogP contribution in [0.2, 0.25) is 0 Å².